The summed E-state index contributed by atoms with van der Waals surface area (Å²) in [5.74, 6) is 0.713. The maximum atomic E-state index is 12.2. The van der Waals surface area contributed by atoms with Gasteiger partial charge in [-0.25, -0.2) is 4.98 Å². The van der Waals surface area contributed by atoms with Crippen LogP contribution in [-0.2, 0) is 22.6 Å². The maximum absolute atomic E-state index is 12.2. The van der Waals surface area contributed by atoms with Gasteiger partial charge in [-0.3, -0.25) is 9.59 Å². The molecule has 1 heterocycles. The number of imidazole rings is 1. The highest BCUT2D eigenvalue weighted by atomic mass is 16.2. The lowest BCUT2D eigenvalue weighted by atomic mass is 10.2. The highest BCUT2D eigenvalue weighted by Crippen LogP contribution is 2.16. The molecule has 23 heavy (non-hydrogen) atoms. The number of fused-ring (bicyclic) bond motifs is 1. The van der Waals surface area contributed by atoms with Crippen molar-refractivity contribution in [3.8, 4) is 0 Å². The Bertz CT molecular complexity index is 693. The molecule has 0 aliphatic carbocycles. The quantitative estimate of drug-likeness (QED) is 0.815. The van der Waals surface area contributed by atoms with E-state index < -0.39 is 0 Å². The average molecular weight is 316 g/mol. The molecular formula is C17H24N4O2. The molecule has 0 saturated heterocycles. The lowest BCUT2D eigenvalue weighted by Gasteiger charge is -2.13. The Morgan fingerprint density at radius 3 is 2.74 bits per heavy atom. The first-order valence-corrected chi connectivity index (χ1v) is 7.99. The minimum absolute atomic E-state index is 0.0247. The smallest absolute Gasteiger partial charge is 0.240 e. The zero-order valence-electron chi connectivity index (χ0n) is 13.9. The molecule has 0 spiro atoms. The number of rotatable bonds is 7. The molecule has 2 aromatic rings. The van der Waals surface area contributed by atoms with E-state index >= 15 is 0 Å². The van der Waals surface area contributed by atoms with Crippen molar-refractivity contribution in [1.29, 1.82) is 0 Å². The summed E-state index contributed by atoms with van der Waals surface area (Å²) >= 11 is 0. The van der Waals surface area contributed by atoms with Crippen molar-refractivity contribution >= 4 is 22.8 Å². The Balaban J connectivity index is 2.20. The van der Waals surface area contributed by atoms with Crippen molar-refractivity contribution < 1.29 is 9.59 Å². The summed E-state index contributed by atoms with van der Waals surface area (Å²) in [4.78, 5) is 27.8. The number of amides is 2. The molecule has 2 N–H and O–H groups in total. The van der Waals surface area contributed by atoms with Crippen molar-refractivity contribution in [2.24, 2.45) is 0 Å². The molecule has 1 aromatic heterocycles. The molecule has 0 fully saturated rings. The highest BCUT2D eigenvalue weighted by Gasteiger charge is 2.14. The fourth-order valence-corrected chi connectivity index (χ4v) is 2.41. The Hall–Kier alpha value is -2.37. The topological polar surface area (TPSA) is 76.0 Å². The first kappa shape index (κ1) is 17.0. The predicted octanol–water partition coefficient (Wildman–Crippen LogP) is 1.63. The van der Waals surface area contributed by atoms with Gasteiger partial charge in [0.2, 0.25) is 11.8 Å². The van der Waals surface area contributed by atoms with Crippen LogP contribution in [0.4, 0.5) is 0 Å². The van der Waals surface area contributed by atoms with Crippen LogP contribution in [0.1, 0.15) is 33.0 Å². The number of carbonyl (C=O) groups is 2. The largest absolute Gasteiger partial charge is 0.356 e. The number of carbonyl (C=O) groups excluding carboxylic acids is 2. The van der Waals surface area contributed by atoms with Crippen LogP contribution in [0.2, 0.25) is 0 Å². The average Bonchev–Trinajstić information content (AvgIpc) is 2.84. The summed E-state index contributed by atoms with van der Waals surface area (Å²) < 4.78 is 1.93. The van der Waals surface area contributed by atoms with E-state index in [1.807, 2.05) is 42.7 Å². The molecule has 1 atom stereocenters. The van der Waals surface area contributed by atoms with E-state index in [9.17, 15) is 9.59 Å². The van der Waals surface area contributed by atoms with Gasteiger partial charge in [-0.05, 0) is 25.5 Å². The number of nitrogens with zero attached hydrogens (tertiary/aromatic N) is 2. The van der Waals surface area contributed by atoms with Gasteiger partial charge in [0, 0.05) is 25.9 Å². The SMILES string of the molecule is CCC(C)NC(=O)Cn1c(CCNC(C)=O)nc2ccccc21. The minimum atomic E-state index is -0.0674. The lowest BCUT2D eigenvalue weighted by molar-refractivity contribution is -0.122. The second-order valence-corrected chi connectivity index (χ2v) is 5.71. The molecule has 1 aromatic carbocycles. The predicted molar refractivity (Wildman–Crippen MR) is 90.0 cm³/mol. The molecule has 6 heteroatoms. The summed E-state index contributed by atoms with van der Waals surface area (Å²) in [6, 6.07) is 7.91. The van der Waals surface area contributed by atoms with Crippen molar-refractivity contribution in [2.75, 3.05) is 6.54 Å². The number of nitrogens with one attached hydrogen (secondary N) is 2. The van der Waals surface area contributed by atoms with Gasteiger partial charge < -0.3 is 15.2 Å². The molecule has 0 aliphatic rings. The molecule has 1 unspecified atom stereocenters. The molecular weight excluding hydrogens is 292 g/mol. The summed E-state index contributed by atoms with van der Waals surface area (Å²) in [7, 11) is 0. The molecule has 2 rings (SSSR count). The third-order valence-electron chi connectivity index (χ3n) is 3.78. The monoisotopic (exact) mass is 316 g/mol. The van der Waals surface area contributed by atoms with Crippen LogP contribution in [-0.4, -0.2) is 34.0 Å². The Morgan fingerprint density at radius 2 is 2.04 bits per heavy atom. The van der Waals surface area contributed by atoms with Crippen LogP contribution in [0.15, 0.2) is 24.3 Å². The second kappa shape index (κ2) is 7.76. The van der Waals surface area contributed by atoms with E-state index in [1.165, 1.54) is 6.92 Å². The van der Waals surface area contributed by atoms with Gasteiger partial charge in [0.25, 0.3) is 0 Å². The second-order valence-electron chi connectivity index (χ2n) is 5.71. The Kier molecular flexibility index (Phi) is 5.73. The van der Waals surface area contributed by atoms with Gasteiger partial charge >= 0.3 is 0 Å². The fraction of sp³-hybridized carbons (Fsp3) is 0.471. The molecule has 2 amide bonds. The molecule has 6 nitrogen and oxygen atoms in total. The van der Waals surface area contributed by atoms with Crippen molar-refractivity contribution in [2.45, 2.75) is 46.2 Å². The Morgan fingerprint density at radius 1 is 1.30 bits per heavy atom. The lowest BCUT2D eigenvalue weighted by Crippen LogP contribution is -2.35. The summed E-state index contributed by atoms with van der Waals surface area (Å²) in [5.41, 5.74) is 1.80. The van der Waals surface area contributed by atoms with E-state index in [0.717, 1.165) is 23.3 Å². The highest BCUT2D eigenvalue weighted by molar-refractivity contribution is 5.81. The van der Waals surface area contributed by atoms with Gasteiger partial charge in [-0.15, -0.1) is 0 Å². The van der Waals surface area contributed by atoms with Gasteiger partial charge in [0.1, 0.15) is 12.4 Å². The maximum Gasteiger partial charge on any atom is 0.240 e. The van der Waals surface area contributed by atoms with Crippen LogP contribution in [0.5, 0.6) is 0 Å². The first-order chi connectivity index (χ1) is 11.0. The van der Waals surface area contributed by atoms with Gasteiger partial charge in [0.05, 0.1) is 11.0 Å². The van der Waals surface area contributed by atoms with Crippen molar-refractivity contribution in [3.63, 3.8) is 0 Å². The number of hydrogen-bond acceptors (Lipinski definition) is 3. The van der Waals surface area contributed by atoms with Crippen LogP contribution in [0, 0.1) is 0 Å². The molecule has 0 radical (unpaired) electrons. The van der Waals surface area contributed by atoms with Crippen molar-refractivity contribution in [1.82, 2.24) is 20.2 Å². The third kappa shape index (κ3) is 4.55. The number of hydrogen-bond donors (Lipinski definition) is 2. The number of para-hydroxylation sites is 2. The summed E-state index contributed by atoms with van der Waals surface area (Å²) in [6.07, 6.45) is 1.48. The van der Waals surface area contributed by atoms with Crippen LogP contribution in [0.3, 0.4) is 0 Å². The van der Waals surface area contributed by atoms with Crippen LogP contribution < -0.4 is 10.6 Å². The van der Waals surface area contributed by atoms with Gasteiger partial charge in [-0.2, -0.15) is 0 Å². The van der Waals surface area contributed by atoms with E-state index in [2.05, 4.69) is 15.6 Å². The normalized spacial score (nSPS) is 12.1. The number of benzene rings is 1. The van der Waals surface area contributed by atoms with Gasteiger partial charge in [-0.1, -0.05) is 19.1 Å². The minimum Gasteiger partial charge on any atom is -0.356 e. The molecule has 0 aliphatic heterocycles. The Labute approximate surface area is 136 Å². The first-order valence-electron chi connectivity index (χ1n) is 7.99. The zero-order chi connectivity index (χ0) is 16.8. The molecule has 124 valence electrons. The molecule has 0 bridgehead atoms. The van der Waals surface area contributed by atoms with E-state index in [0.29, 0.717) is 13.0 Å². The summed E-state index contributed by atoms with van der Waals surface area (Å²) in [5, 5.41) is 5.74. The van der Waals surface area contributed by atoms with E-state index in [4.69, 9.17) is 0 Å². The van der Waals surface area contributed by atoms with Crippen LogP contribution in [0.25, 0.3) is 11.0 Å². The standard InChI is InChI=1S/C17H24N4O2/c1-4-12(2)19-17(23)11-21-15-8-6-5-7-14(15)20-16(21)9-10-18-13(3)22/h5-8,12H,4,9-11H2,1-3H3,(H,18,22)(H,19,23). The third-order valence-corrected chi connectivity index (χ3v) is 3.78. The fourth-order valence-electron chi connectivity index (χ4n) is 2.41. The molecule has 0 saturated carbocycles. The van der Waals surface area contributed by atoms with Gasteiger partial charge in [0.15, 0.2) is 0 Å². The zero-order valence-corrected chi connectivity index (χ0v) is 13.9. The van der Waals surface area contributed by atoms with Crippen molar-refractivity contribution in [3.05, 3.63) is 30.1 Å². The van der Waals surface area contributed by atoms with Crippen LogP contribution >= 0.6 is 0 Å². The number of aromatic nitrogens is 2. The summed E-state index contributed by atoms with van der Waals surface area (Å²) in [6.45, 7) is 6.26. The van der Waals surface area contributed by atoms with E-state index in [1.54, 1.807) is 0 Å². The van der Waals surface area contributed by atoms with E-state index in [-0.39, 0.29) is 24.4 Å².